The molecule has 0 fully saturated rings. The fourth-order valence-electron chi connectivity index (χ4n) is 2.74. The van der Waals surface area contributed by atoms with E-state index in [1.807, 2.05) is 43.3 Å². The zero-order chi connectivity index (χ0) is 15.5. The first kappa shape index (κ1) is 14.7. The van der Waals surface area contributed by atoms with Crippen LogP contribution in [-0.2, 0) is 0 Å². The van der Waals surface area contributed by atoms with Crippen LogP contribution in [-0.4, -0.2) is 17.4 Å². The normalized spacial score (nSPS) is 21.8. The molecule has 0 saturated heterocycles. The molecule has 0 aliphatic carbocycles. The van der Waals surface area contributed by atoms with Gasteiger partial charge in [-0.2, -0.15) is 0 Å². The Morgan fingerprint density at radius 3 is 2.64 bits per heavy atom. The zero-order valence-electron chi connectivity index (χ0n) is 12.9. The van der Waals surface area contributed by atoms with Gasteiger partial charge in [0.25, 0.3) is 0 Å². The number of ether oxygens (including phenoxy) is 1. The number of aliphatic hydroxyl groups excluding tert-OH is 1. The molecule has 1 heterocycles. The lowest BCUT2D eigenvalue weighted by molar-refractivity contribution is 0.190. The highest BCUT2D eigenvalue weighted by Gasteiger charge is 2.18. The van der Waals surface area contributed by atoms with Crippen LogP contribution in [0.2, 0.25) is 0 Å². The summed E-state index contributed by atoms with van der Waals surface area (Å²) in [5.74, 6) is 0.813. The highest BCUT2D eigenvalue weighted by atomic mass is 16.5. The van der Waals surface area contributed by atoms with E-state index in [1.54, 1.807) is 0 Å². The minimum absolute atomic E-state index is 0.0130. The van der Waals surface area contributed by atoms with E-state index < -0.39 is 6.23 Å². The van der Waals surface area contributed by atoms with Crippen molar-refractivity contribution < 1.29 is 9.84 Å². The Hall–Kier alpha value is -2.20. The number of hydrogen-bond acceptors (Lipinski definition) is 4. The second kappa shape index (κ2) is 6.28. The quantitative estimate of drug-likeness (QED) is 0.807. The molecule has 4 heteroatoms. The van der Waals surface area contributed by atoms with Gasteiger partial charge in [0, 0.05) is 18.5 Å². The molecule has 0 aromatic heterocycles. The van der Waals surface area contributed by atoms with Crippen molar-refractivity contribution in [1.29, 1.82) is 0 Å². The Balaban J connectivity index is 1.79. The van der Waals surface area contributed by atoms with Crippen molar-refractivity contribution in [2.45, 2.75) is 38.6 Å². The monoisotopic (exact) mass is 298 g/mol. The molecule has 0 spiro atoms. The standard InChI is InChI=1S/C18H22N2O2/c1-12-10-18(21)20-16-9-8-15(11-17(16)19-12)22-13(2)14-6-4-3-5-7-14/h3-9,11-13,18-21H,10H2,1-2H3/t12-,13-,18?/m1/s1. The Morgan fingerprint density at radius 1 is 1.09 bits per heavy atom. The van der Waals surface area contributed by atoms with E-state index in [-0.39, 0.29) is 12.1 Å². The molecular weight excluding hydrogens is 276 g/mol. The smallest absolute Gasteiger partial charge is 0.126 e. The van der Waals surface area contributed by atoms with Gasteiger partial charge >= 0.3 is 0 Å². The van der Waals surface area contributed by atoms with Crippen molar-refractivity contribution in [2.75, 3.05) is 10.6 Å². The van der Waals surface area contributed by atoms with E-state index in [0.717, 1.165) is 22.7 Å². The molecule has 3 rings (SSSR count). The molecule has 3 atom stereocenters. The predicted octanol–water partition coefficient (Wildman–Crippen LogP) is 3.76. The van der Waals surface area contributed by atoms with E-state index in [9.17, 15) is 5.11 Å². The van der Waals surface area contributed by atoms with E-state index in [2.05, 4.69) is 29.7 Å². The molecule has 116 valence electrons. The largest absolute Gasteiger partial charge is 0.486 e. The summed E-state index contributed by atoms with van der Waals surface area (Å²) in [4.78, 5) is 0. The molecule has 22 heavy (non-hydrogen) atoms. The molecule has 0 radical (unpaired) electrons. The van der Waals surface area contributed by atoms with E-state index >= 15 is 0 Å². The van der Waals surface area contributed by atoms with Crippen LogP contribution in [0.5, 0.6) is 5.75 Å². The number of rotatable bonds is 3. The molecule has 2 aromatic carbocycles. The van der Waals surface area contributed by atoms with Crippen LogP contribution in [0.1, 0.15) is 31.9 Å². The van der Waals surface area contributed by atoms with Crippen molar-refractivity contribution in [3.05, 3.63) is 54.1 Å². The summed E-state index contributed by atoms with van der Waals surface area (Å²) in [5, 5.41) is 16.4. The summed E-state index contributed by atoms with van der Waals surface area (Å²) in [5.41, 5.74) is 3.01. The minimum atomic E-state index is -0.529. The van der Waals surface area contributed by atoms with Crippen LogP contribution in [0, 0.1) is 0 Å². The van der Waals surface area contributed by atoms with Crippen LogP contribution in [0.3, 0.4) is 0 Å². The van der Waals surface area contributed by atoms with Gasteiger partial charge < -0.3 is 20.5 Å². The molecule has 2 aromatic rings. The fourth-order valence-corrected chi connectivity index (χ4v) is 2.74. The molecular formula is C18H22N2O2. The number of hydrogen-bond donors (Lipinski definition) is 3. The Labute approximate surface area is 131 Å². The SMILES string of the molecule is C[C@@H]1CC(O)Nc2ccc(O[C@H](C)c3ccccc3)cc2N1. The second-order valence-electron chi connectivity index (χ2n) is 5.82. The molecule has 0 bridgehead atoms. The highest BCUT2D eigenvalue weighted by molar-refractivity contribution is 5.72. The lowest BCUT2D eigenvalue weighted by Crippen LogP contribution is -2.23. The average molecular weight is 298 g/mol. The van der Waals surface area contributed by atoms with E-state index in [1.165, 1.54) is 0 Å². The van der Waals surface area contributed by atoms with Crippen LogP contribution >= 0.6 is 0 Å². The number of benzene rings is 2. The predicted molar refractivity (Wildman–Crippen MR) is 89.3 cm³/mol. The lowest BCUT2D eigenvalue weighted by Gasteiger charge is -2.18. The van der Waals surface area contributed by atoms with Gasteiger partial charge in [0.1, 0.15) is 18.1 Å². The van der Waals surface area contributed by atoms with Gasteiger partial charge in [-0.15, -0.1) is 0 Å². The minimum Gasteiger partial charge on any atom is -0.486 e. The van der Waals surface area contributed by atoms with Gasteiger partial charge in [-0.3, -0.25) is 0 Å². The number of anilines is 2. The number of aliphatic hydroxyl groups is 1. The first-order valence-electron chi connectivity index (χ1n) is 7.68. The number of fused-ring (bicyclic) bond motifs is 1. The third-order valence-corrected chi connectivity index (χ3v) is 3.87. The van der Waals surface area contributed by atoms with Gasteiger partial charge in [0.05, 0.1) is 11.4 Å². The first-order chi connectivity index (χ1) is 10.6. The van der Waals surface area contributed by atoms with Crippen molar-refractivity contribution in [1.82, 2.24) is 0 Å². The molecule has 3 N–H and O–H groups in total. The second-order valence-corrected chi connectivity index (χ2v) is 5.82. The Morgan fingerprint density at radius 2 is 1.86 bits per heavy atom. The van der Waals surface area contributed by atoms with Gasteiger partial charge in [-0.25, -0.2) is 0 Å². The van der Waals surface area contributed by atoms with Crippen LogP contribution in [0.4, 0.5) is 11.4 Å². The molecule has 0 saturated carbocycles. The maximum Gasteiger partial charge on any atom is 0.126 e. The molecule has 1 aliphatic heterocycles. The summed E-state index contributed by atoms with van der Waals surface area (Å²) in [6.07, 6.45) is 0.116. The van der Waals surface area contributed by atoms with E-state index in [0.29, 0.717) is 6.42 Å². The molecule has 1 unspecified atom stereocenters. The van der Waals surface area contributed by atoms with Crippen LogP contribution < -0.4 is 15.4 Å². The summed E-state index contributed by atoms with van der Waals surface area (Å²) < 4.78 is 6.04. The zero-order valence-corrected chi connectivity index (χ0v) is 12.9. The average Bonchev–Trinajstić information content (AvgIpc) is 2.64. The lowest BCUT2D eigenvalue weighted by atomic mass is 10.1. The van der Waals surface area contributed by atoms with Crippen molar-refractivity contribution in [2.24, 2.45) is 0 Å². The van der Waals surface area contributed by atoms with Gasteiger partial charge in [-0.05, 0) is 31.5 Å². The first-order valence-corrected chi connectivity index (χ1v) is 7.68. The number of nitrogens with one attached hydrogen (secondary N) is 2. The fraction of sp³-hybridized carbons (Fsp3) is 0.333. The molecule has 4 nitrogen and oxygen atoms in total. The Kier molecular flexibility index (Phi) is 4.20. The van der Waals surface area contributed by atoms with Gasteiger partial charge in [-0.1, -0.05) is 30.3 Å². The summed E-state index contributed by atoms with van der Waals surface area (Å²) in [7, 11) is 0. The molecule has 0 amide bonds. The van der Waals surface area contributed by atoms with Crippen LogP contribution in [0.25, 0.3) is 0 Å². The van der Waals surface area contributed by atoms with Crippen molar-refractivity contribution in [3.8, 4) is 5.75 Å². The maximum atomic E-state index is 9.89. The Bertz CT molecular complexity index is 630. The highest BCUT2D eigenvalue weighted by Crippen LogP contribution is 2.32. The molecule has 1 aliphatic rings. The summed E-state index contributed by atoms with van der Waals surface area (Å²) in [6, 6.07) is 16.2. The third-order valence-electron chi connectivity index (χ3n) is 3.87. The van der Waals surface area contributed by atoms with Crippen molar-refractivity contribution >= 4 is 11.4 Å². The maximum absolute atomic E-state index is 9.89. The summed E-state index contributed by atoms with van der Waals surface area (Å²) >= 11 is 0. The van der Waals surface area contributed by atoms with Gasteiger partial charge in [0.15, 0.2) is 0 Å². The van der Waals surface area contributed by atoms with Crippen molar-refractivity contribution in [3.63, 3.8) is 0 Å². The van der Waals surface area contributed by atoms with E-state index in [4.69, 9.17) is 4.74 Å². The third kappa shape index (κ3) is 3.34. The topological polar surface area (TPSA) is 53.5 Å². The summed E-state index contributed by atoms with van der Waals surface area (Å²) in [6.45, 7) is 4.10. The van der Waals surface area contributed by atoms with Crippen LogP contribution in [0.15, 0.2) is 48.5 Å². The van der Waals surface area contributed by atoms with Gasteiger partial charge in [0.2, 0.25) is 0 Å².